The monoisotopic (exact) mass is 328 g/mol. The Labute approximate surface area is 138 Å². The second-order valence-corrected chi connectivity index (χ2v) is 5.05. The van der Waals surface area contributed by atoms with Crippen molar-refractivity contribution >= 4 is 24.1 Å². The lowest BCUT2D eigenvalue weighted by atomic mass is 10.1. The fourth-order valence-corrected chi connectivity index (χ4v) is 1.93. The first kappa shape index (κ1) is 17.1. The van der Waals surface area contributed by atoms with E-state index in [1.54, 1.807) is 42.5 Å². The fourth-order valence-electron chi connectivity index (χ4n) is 1.93. The number of carbonyl (C=O) groups excluding carboxylic acids is 1. The quantitative estimate of drug-likeness (QED) is 0.428. The van der Waals surface area contributed by atoms with Gasteiger partial charge in [0.1, 0.15) is 17.2 Å². The number of esters is 1. The van der Waals surface area contributed by atoms with Gasteiger partial charge < -0.3 is 20.1 Å². The predicted octanol–water partition coefficient (Wildman–Crippen LogP) is 3.04. The third-order valence-corrected chi connectivity index (χ3v) is 3.05. The molecular weight excluding hydrogens is 312 g/mol. The summed E-state index contributed by atoms with van der Waals surface area (Å²) in [6, 6.07) is 10.9. The van der Waals surface area contributed by atoms with Gasteiger partial charge in [-0.2, -0.15) is 0 Å². The Bertz CT molecular complexity index is 762. The normalized spacial score (nSPS) is 10.7. The van der Waals surface area contributed by atoms with Crippen LogP contribution in [-0.2, 0) is 9.59 Å². The standard InChI is InChI=1S/C18H16O6/c19-14-5-3-12(4-6-14)1-2-13-9-15(20)11-16(10-13)24-18(23)8-7-17(21)22/h1-6,9-11,19-20H,7-8H2,(H,21,22)/b2-1+. The van der Waals surface area contributed by atoms with E-state index in [2.05, 4.69) is 0 Å². The van der Waals surface area contributed by atoms with Crippen molar-refractivity contribution in [2.75, 3.05) is 0 Å². The summed E-state index contributed by atoms with van der Waals surface area (Å²) < 4.78 is 5.02. The number of benzene rings is 2. The maximum atomic E-state index is 11.5. The maximum absolute atomic E-state index is 11.5. The van der Waals surface area contributed by atoms with Gasteiger partial charge in [-0.25, -0.2) is 0 Å². The van der Waals surface area contributed by atoms with Gasteiger partial charge in [-0.05, 0) is 35.4 Å². The van der Waals surface area contributed by atoms with Crippen LogP contribution in [0.25, 0.3) is 12.2 Å². The minimum Gasteiger partial charge on any atom is -0.508 e. The third-order valence-electron chi connectivity index (χ3n) is 3.05. The van der Waals surface area contributed by atoms with E-state index < -0.39 is 11.9 Å². The molecule has 0 bridgehead atoms. The van der Waals surface area contributed by atoms with Crippen molar-refractivity contribution in [3.63, 3.8) is 0 Å². The number of rotatable bonds is 6. The highest BCUT2D eigenvalue weighted by Crippen LogP contribution is 2.24. The molecule has 0 radical (unpaired) electrons. The minimum absolute atomic E-state index is 0.0797. The van der Waals surface area contributed by atoms with Crippen molar-refractivity contribution in [2.24, 2.45) is 0 Å². The molecule has 2 rings (SSSR count). The summed E-state index contributed by atoms with van der Waals surface area (Å²) in [4.78, 5) is 22.0. The predicted molar refractivity (Wildman–Crippen MR) is 87.6 cm³/mol. The van der Waals surface area contributed by atoms with Crippen LogP contribution >= 0.6 is 0 Å². The van der Waals surface area contributed by atoms with Crippen LogP contribution in [0.5, 0.6) is 17.2 Å². The molecule has 6 heteroatoms. The summed E-state index contributed by atoms with van der Waals surface area (Å²) in [5.41, 5.74) is 1.44. The topological polar surface area (TPSA) is 104 Å². The molecule has 0 heterocycles. The number of carboxylic acid groups (broad SMARTS) is 1. The van der Waals surface area contributed by atoms with Crippen LogP contribution in [0.1, 0.15) is 24.0 Å². The molecule has 2 aromatic carbocycles. The van der Waals surface area contributed by atoms with Crippen molar-refractivity contribution in [3.05, 3.63) is 53.6 Å². The lowest BCUT2D eigenvalue weighted by Crippen LogP contribution is -2.10. The lowest BCUT2D eigenvalue weighted by molar-refractivity contribution is -0.142. The summed E-state index contributed by atoms with van der Waals surface area (Å²) in [6.45, 7) is 0. The van der Waals surface area contributed by atoms with E-state index in [0.717, 1.165) is 5.56 Å². The Hall–Kier alpha value is -3.28. The van der Waals surface area contributed by atoms with Gasteiger partial charge in [0, 0.05) is 6.07 Å². The zero-order valence-electron chi connectivity index (χ0n) is 12.7. The molecule has 0 aliphatic heterocycles. The van der Waals surface area contributed by atoms with Crippen molar-refractivity contribution in [3.8, 4) is 17.2 Å². The number of aromatic hydroxyl groups is 2. The molecule has 0 aliphatic rings. The highest BCUT2D eigenvalue weighted by Gasteiger charge is 2.09. The number of hydrogen-bond donors (Lipinski definition) is 3. The van der Waals surface area contributed by atoms with Crippen molar-refractivity contribution in [2.45, 2.75) is 12.8 Å². The van der Waals surface area contributed by atoms with Gasteiger partial charge in [-0.3, -0.25) is 9.59 Å². The SMILES string of the molecule is O=C(O)CCC(=O)Oc1cc(O)cc(/C=C/c2ccc(O)cc2)c1. The molecule has 0 aromatic heterocycles. The molecule has 0 saturated heterocycles. The molecule has 0 fully saturated rings. The van der Waals surface area contributed by atoms with Gasteiger partial charge in [0.15, 0.2) is 0 Å². The zero-order valence-corrected chi connectivity index (χ0v) is 12.7. The van der Waals surface area contributed by atoms with Crippen LogP contribution in [0.15, 0.2) is 42.5 Å². The van der Waals surface area contributed by atoms with E-state index in [1.807, 2.05) is 0 Å². The summed E-state index contributed by atoms with van der Waals surface area (Å²) in [6.07, 6.45) is 2.92. The van der Waals surface area contributed by atoms with Gasteiger partial charge in [-0.15, -0.1) is 0 Å². The molecule has 0 amide bonds. The molecule has 3 N–H and O–H groups in total. The number of phenols is 2. The molecule has 2 aromatic rings. The third kappa shape index (κ3) is 5.49. The van der Waals surface area contributed by atoms with Gasteiger partial charge in [0.05, 0.1) is 12.8 Å². The summed E-state index contributed by atoms with van der Waals surface area (Å²) >= 11 is 0. The van der Waals surface area contributed by atoms with E-state index in [-0.39, 0.29) is 30.1 Å². The molecule has 0 saturated carbocycles. The summed E-state index contributed by atoms with van der Waals surface area (Å²) in [5, 5.41) is 27.5. The van der Waals surface area contributed by atoms with Crippen molar-refractivity contribution in [1.82, 2.24) is 0 Å². The number of aliphatic carboxylic acids is 1. The van der Waals surface area contributed by atoms with E-state index >= 15 is 0 Å². The van der Waals surface area contributed by atoms with Crippen molar-refractivity contribution in [1.29, 1.82) is 0 Å². The first-order chi connectivity index (χ1) is 11.4. The highest BCUT2D eigenvalue weighted by atomic mass is 16.5. The van der Waals surface area contributed by atoms with Crippen LogP contribution in [0.4, 0.5) is 0 Å². The zero-order chi connectivity index (χ0) is 17.5. The molecular formula is C18H16O6. The Balaban J connectivity index is 2.08. The van der Waals surface area contributed by atoms with Crippen LogP contribution in [0, 0.1) is 0 Å². The van der Waals surface area contributed by atoms with E-state index in [4.69, 9.17) is 9.84 Å². The average Bonchev–Trinajstić information content (AvgIpc) is 2.52. The number of carboxylic acids is 1. The Morgan fingerprint density at radius 2 is 1.54 bits per heavy atom. The Morgan fingerprint density at radius 3 is 2.21 bits per heavy atom. The molecule has 124 valence electrons. The number of carbonyl (C=O) groups is 2. The molecule has 24 heavy (non-hydrogen) atoms. The molecule has 0 aliphatic carbocycles. The van der Waals surface area contributed by atoms with Crippen molar-refractivity contribution < 1.29 is 29.6 Å². The highest BCUT2D eigenvalue weighted by molar-refractivity contribution is 5.78. The maximum Gasteiger partial charge on any atom is 0.311 e. The lowest BCUT2D eigenvalue weighted by Gasteiger charge is -2.05. The van der Waals surface area contributed by atoms with E-state index in [9.17, 15) is 19.8 Å². The number of phenolic OH excluding ortho intramolecular Hbond substituents is 2. The fraction of sp³-hybridized carbons (Fsp3) is 0.111. The van der Waals surface area contributed by atoms with E-state index in [1.165, 1.54) is 12.1 Å². The minimum atomic E-state index is -1.08. The first-order valence-corrected chi connectivity index (χ1v) is 7.16. The summed E-state index contributed by atoms with van der Waals surface area (Å²) in [7, 11) is 0. The Kier molecular flexibility index (Phi) is 5.57. The average molecular weight is 328 g/mol. The van der Waals surface area contributed by atoms with Crippen LogP contribution in [-0.4, -0.2) is 27.3 Å². The van der Waals surface area contributed by atoms with Gasteiger partial charge in [0.2, 0.25) is 0 Å². The second-order valence-electron chi connectivity index (χ2n) is 5.05. The Morgan fingerprint density at radius 1 is 0.875 bits per heavy atom. The van der Waals surface area contributed by atoms with Gasteiger partial charge in [0.25, 0.3) is 0 Å². The smallest absolute Gasteiger partial charge is 0.311 e. The van der Waals surface area contributed by atoms with Crippen LogP contribution < -0.4 is 4.74 Å². The van der Waals surface area contributed by atoms with Crippen LogP contribution in [0.3, 0.4) is 0 Å². The first-order valence-electron chi connectivity index (χ1n) is 7.16. The number of ether oxygens (including phenoxy) is 1. The van der Waals surface area contributed by atoms with Crippen LogP contribution in [0.2, 0.25) is 0 Å². The number of hydrogen-bond acceptors (Lipinski definition) is 5. The molecule has 6 nitrogen and oxygen atoms in total. The van der Waals surface area contributed by atoms with E-state index in [0.29, 0.717) is 5.56 Å². The molecule has 0 spiro atoms. The second kappa shape index (κ2) is 7.82. The largest absolute Gasteiger partial charge is 0.508 e. The van der Waals surface area contributed by atoms with Gasteiger partial charge >= 0.3 is 11.9 Å². The molecule has 0 unspecified atom stereocenters. The molecule has 0 atom stereocenters. The summed E-state index contributed by atoms with van der Waals surface area (Å²) in [5.74, 6) is -1.54. The van der Waals surface area contributed by atoms with Gasteiger partial charge in [-0.1, -0.05) is 24.3 Å².